The number of hydrogen-bond donors (Lipinski definition) is 1. The molecule has 1 saturated heterocycles. The molecule has 2 aromatic rings. The zero-order valence-electron chi connectivity index (χ0n) is 16.2. The maximum absolute atomic E-state index is 5.34. The van der Waals surface area contributed by atoms with E-state index in [4.69, 9.17) is 4.74 Å². The average molecular weight is 357 g/mol. The number of rotatable bonds is 9. The summed E-state index contributed by atoms with van der Waals surface area (Å²) >= 11 is 0. The van der Waals surface area contributed by atoms with Gasteiger partial charge in [0.05, 0.1) is 7.11 Å². The summed E-state index contributed by atoms with van der Waals surface area (Å²) in [5.41, 5.74) is 2.57. The van der Waals surface area contributed by atoms with Gasteiger partial charge in [0.25, 0.3) is 0 Å². The molecule has 1 aliphatic rings. The van der Waals surface area contributed by atoms with Crippen molar-refractivity contribution >= 4 is 0 Å². The SMILES string of the molecule is CCN(Cc1ccn[nH]1)CC1CCCN(CCc2cccc(OC)c2)C1. The first kappa shape index (κ1) is 18.9. The molecular weight excluding hydrogens is 324 g/mol. The Hall–Kier alpha value is -1.85. The lowest BCUT2D eigenvalue weighted by Crippen LogP contribution is -2.41. The van der Waals surface area contributed by atoms with Gasteiger partial charge in [-0.25, -0.2) is 0 Å². The summed E-state index contributed by atoms with van der Waals surface area (Å²) in [7, 11) is 1.73. The van der Waals surface area contributed by atoms with E-state index >= 15 is 0 Å². The molecule has 0 amide bonds. The van der Waals surface area contributed by atoms with Crippen LogP contribution in [0.4, 0.5) is 0 Å². The van der Waals surface area contributed by atoms with Gasteiger partial charge in [0.1, 0.15) is 5.75 Å². The van der Waals surface area contributed by atoms with Gasteiger partial charge in [-0.3, -0.25) is 10.00 Å². The van der Waals surface area contributed by atoms with Crippen molar-refractivity contribution < 1.29 is 4.74 Å². The van der Waals surface area contributed by atoms with E-state index in [1.807, 2.05) is 12.3 Å². The highest BCUT2D eigenvalue weighted by atomic mass is 16.5. The molecule has 26 heavy (non-hydrogen) atoms. The molecule has 1 atom stereocenters. The van der Waals surface area contributed by atoms with Crippen LogP contribution in [0.15, 0.2) is 36.5 Å². The second kappa shape index (κ2) is 9.74. The van der Waals surface area contributed by atoms with E-state index in [0.717, 1.165) is 37.7 Å². The van der Waals surface area contributed by atoms with Crippen LogP contribution >= 0.6 is 0 Å². The van der Waals surface area contributed by atoms with Crippen molar-refractivity contribution in [1.82, 2.24) is 20.0 Å². The number of ether oxygens (including phenoxy) is 1. The van der Waals surface area contributed by atoms with E-state index in [1.54, 1.807) is 7.11 Å². The van der Waals surface area contributed by atoms with E-state index in [0.29, 0.717) is 0 Å². The van der Waals surface area contributed by atoms with Gasteiger partial charge in [-0.05, 0) is 62.0 Å². The van der Waals surface area contributed by atoms with Crippen LogP contribution < -0.4 is 4.74 Å². The minimum atomic E-state index is 0.761. The Bertz CT molecular complexity index is 643. The Morgan fingerprint density at radius 1 is 1.35 bits per heavy atom. The lowest BCUT2D eigenvalue weighted by molar-refractivity contribution is 0.132. The van der Waals surface area contributed by atoms with Gasteiger partial charge in [0.15, 0.2) is 0 Å². The Balaban J connectivity index is 1.47. The summed E-state index contributed by atoms with van der Waals surface area (Å²) in [6.07, 6.45) is 5.58. The van der Waals surface area contributed by atoms with Gasteiger partial charge in [-0.2, -0.15) is 5.10 Å². The number of nitrogens with one attached hydrogen (secondary N) is 1. The first-order valence-corrected chi connectivity index (χ1v) is 9.82. The number of piperidine rings is 1. The Labute approximate surface area is 157 Å². The van der Waals surface area contributed by atoms with Crippen molar-refractivity contribution in [2.24, 2.45) is 5.92 Å². The summed E-state index contributed by atoms with van der Waals surface area (Å²) in [6, 6.07) is 10.5. The topological polar surface area (TPSA) is 44.4 Å². The summed E-state index contributed by atoms with van der Waals surface area (Å²) in [4.78, 5) is 5.17. The summed E-state index contributed by atoms with van der Waals surface area (Å²) in [6.45, 7) is 9.05. The molecule has 0 saturated carbocycles. The third-order valence-corrected chi connectivity index (χ3v) is 5.37. The highest BCUT2D eigenvalue weighted by Crippen LogP contribution is 2.20. The summed E-state index contributed by atoms with van der Waals surface area (Å²) < 4.78 is 5.34. The Morgan fingerprint density at radius 2 is 2.27 bits per heavy atom. The van der Waals surface area contributed by atoms with E-state index in [2.05, 4.69) is 51.2 Å². The van der Waals surface area contributed by atoms with E-state index in [-0.39, 0.29) is 0 Å². The second-order valence-corrected chi connectivity index (χ2v) is 7.32. The maximum Gasteiger partial charge on any atom is 0.119 e. The third-order valence-electron chi connectivity index (χ3n) is 5.37. The average Bonchev–Trinajstić information content (AvgIpc) is 3.19. The summed E-state index contributed by atoms with van der Waals surface area (Å²) in [5.74, 6) is 1.72. The van der Waals surface area contributed by atoms with Crippen molar-refractivity contribution in [1.29, 1.82) is 0 Å². The molecule has 3 rings (SSSR count). The molecule has 142 valence electrons. The fourth-order valence-corrected chi connectivity index (χ4v) is 3.90. The van der Waals surface area contributed by atoms with Crippen LogP contribution in [-0.2, 0) is 13.0 Å². The van der Waals surface area contributed by atoms with Crippen LogP contribution in [0.3, 0.4) is 0 Å². The first-order chi connectivity index (χ1) is 12.8. The van der Waals surface area contributed by atoms with E-state index in [1.165, 1.54) is 43.7 Å². The molecule has 5 nitrogen and oxygen atoms in total. The smallest absolute Gasteiger partial charge is 0.119 e. The minimum Gasteiger partial charge on any atom is -0.497 e. The van der Waals surface area contributed by atoms with Gasteiger partial charge >= 0.3 is 0 Å². The molecule has 0 bridgehead atoms. The maximum atomic E-state index is 5.34. The molecule has 0 radical (unpaired) electrons. The number of aromatic nitrogens is 2. The Kier molecular flexibility index (Phi) is 7.09. The lowest BCUT2D eigenvalue weighted by Gasteiger charge is -2.35. The predicted molar refractivity (Wildman–Crippen MR) is 105 cm³/mol. The number of nitrogens with zero attached hydrogens (tertiary/aromatic N) is 3. The molecule has 1 aliphatic heterocycles. The molecule has 1 fully saturated rings. The molecule has 1 aromatic carbocycles. The van der Waals surface area contributed by atoms with Crippen molar-refractivity contribution in [3.05, 3.63) is 47.8 Å². The van der Waals surface area contributed by atoms with Crippen molar-refractivity contribution in [2.75, 3.05) is 39.8 Å². The number of methoxy groups -OCH3 is 1. The largest absolute Gasteiger partial charge is 0.497 e. The zero-order chi connectivity index (χ0) is 18.2. The molecular formula is C21H32N4O. The second-order valence-electron chi connectivity index (χ2n) is 7.32. The van der Waals surface area contributed by atoms with Crippen LogP contribution in [0.2, 0.25) is 0 Å². The zero-order valence-corrected chi connectivity index (χ0v) is 16.2. The number of aromatic amines is 1. The molecule has 1 N–H and O–H groups in total. The van der Waals surface area contributed by atoms with Crippen LogP contribution in [-0.4, -0.2) is 59.8 Å². The minimum absolute atomic E-state index is 0.761. The van der Waals surface area contributed by atoms with Gasteiger partial charge in [-0.1, -0.05) is 19.1 Å². The first-order valence-electron chi connectivity index (χ1n) is 9.82. The molecule has 1 unspecified atom stereocenters. The highest BCUT2D eigenvalue weighted by molar-refractivity contribution is 5.28. The van der Waals surface area contributed by atoms with Crippen LogP contribution in [0.25, 0.3) is 0 Å². The monoisotopic (exact) mass is 356 g/mol. The van der Waals surface area contributed by atoms with Crippen molar-refractivity contribution in [3.63, 3.8) is 0 Å². The van der Waals surface area contributed by atoms with E-state index < -0.39 is 0 Å². The number of H-pyrrole nitrogens is 1. The fourth-order valence-electron chi connectivity index (χ4n) is 3.90. The van der Waals surface area contributed by atoms with Crippen LogP contribution in [0.5, 0.6) is 5.75 Å². The number of hydrogen-bond acceptors (Lipinski definition) is 4. The van der Waals surface area contributed by atoms with Gasteiger partial charge in [-0.15, -0.1) is 0 Å². The molecule has 2 heterocycles. The normalized spacial score (nSPS) is 18.3. The molecule has 5 heteroatoms. The van der Waals surface area contributed by atoms with Gasteiger partial charge in [0, 0.05) is 38.1 Å². The van der Waals surface area contributed by atoms with Gasteiger partial charge in [0.2, 0.25) is 0 Å². The van der Waals surface area contributed by atoms with Crippen LogP contribution in [0, 0.1) is 5.92 Å². The molecule has 0 spiro atoms. The van der Waals surface area contributed by atoms with E-state index in [9.17, 15) is 0 Å². The lowest BCUT2D eigenvalue weighted by atomic mass is 9.96. The molecule has 1 aromatic heterocycles. The van der Waals surface area contributed by atoms with Crippen molar-refractivity contribution in [2.45, 2.75) is 32.7 Å². The number of likely N-dealkylation sites (tertiary alicyclic amines) is 1. The summed E-state index contributed by atoms with van der Waals surface area (Å²) in [5, 5.41) is 7.15. The quantitative estimate of drug-likeness (QED) is 0.749. The van der Waals surface area contributed by atoms with Crippen LogP contribution in [0.1, 0.15) is 31.0 Å². The van der Waals surface area contributed by atoms with Gasteiger partial charge < -0.3 is 9.64 Å². The molecule has 0 aliphatic carbocycles. The van der Waals surface area contributed by atoms with Crippen molar-refractivity contribution in [3.8, 4) is 5.75 Å². The standard InChI is InChI=1S/C21H32N4O/c1-3-24(17-20-9-11-22-23-20)15-19-7-5-12-25(16-19)13-10-18-6-4-8-21(14-18)26-2/h4,6,8-9,11,14,19H,3,5,7,10,12-13,15-17H2,1-2H3,(H,22,23). The Morgan fingerprint density at radius 3 is 3.04 bits per heavy atom. The predicted octanol–water partition coefficient (Wildman–Crippen LogP) is 3.19. The number of benzene rings is 1. The fraction of sp³-hybridized carbons (Fsp3) is 0.571. The third kappa shape index (κ3) is 5.58. The highest BCUT2D eigenvalue weighted by Gasteiger charge is 2.21.